The van der Waals surface area contributed by atoms with Crippen LogP contribution in [0.1, 0.15) is 19.4 Å². The standard InChI is InChI=1S/C22H37N5O/c1-5-15-28-21-10-8-7-9-20(21)17-25-22(23-6-2)24-16-19(3)18-27-13-11-26(4)12-14-27/h5,7-10,19H,1,6,11-18H2,2-4H3,(H2,23,24,25). The van der Waals surface area contributed by atoms with Crippen LogP contribution in [0, 0.1) is 5.92 Å². The van der Waals surface area contributed by atoms with Crippen LogP contribution < -0.4 is 15.4 Å². The van der Waals surface area contributed by atoms with Crippen LogP contribution in [0.25, 0.3) is 0 Å². The maximum atomic E-state index is 5.73. The van der Waals surface area contributed by atoms with Gasteiger partial charge in [0.1, 0.15) is 12.4 Å². The van der Waals surface area contributed by atoms with E-state index in [9.17, 15) is 0 Å². The molecule has 0 aliphatic carbocycles. The Kier molecular flexibility index (Phi) is 9.86. The van der Waals surface area contributed by atoms with E-state index < -0.39 is 0 Å². The number of para-hydroxylation sites is 1. The van der Waals surface area contributed by atoms with Crippen LogP contribution in [0.2, 0.25) is 0 Å². The minimum absolute atomic E-state index is 0.503. The molecule has 1 aromatic rings. The van der Waals surface area contributed by atoms with Crippen molar-refractivity contribution in [3.05, 3.63) is 42.5 Å². The molecule has 1 aliphatic heterocycles. The van der Waals surface area contributed by atoms with Crippen molar-refractivity contribution in [1.29, 1.82) is 0 Å². The van der Waals surface area contributed by atoms with E-state index in [1.54, 1.807) is 6.08 Å². The molecule has 1 unspecified atom stereocenters. The topological polar surface area (TPSA) is 52.1 Å². The summed E-state index contributed by atoms with van der Waals surface area (Å²) in [6.07, 6.45) is 1.76. The Morgan fingerprint density at radius 1 is 1.25 bits per heavy atom. The summed E-state index contributed by atoms with van der Waals surface area (Å²) in [5.74, 6) is 2.28. The molecular formula is C22H37N5O. The second-order valence-corrected chi connectivity index (χ2v) is 7.49. The van der Waals surface area contributed by atoms with Gasteiger partial charge in [0.05, 0.1) is 6.54 Å². The highest BCUT2D eigenvalue weighted by Gasteiger charge is 2.16. The Balaban J connectivity index is 1.85. The number of nitrogens with zero attached hydrogens (tertiary/aromatic N) is 3. The largest absolute Gasteiger partial charge is 0.489 e. The summed E-state index contributed by atoms with van der Waals surface area (Å²) in [7, 11) is 2.20. The van der Waals surface area contributed by atoms with E-state index in [1.165, 1.54) is 0 Å². The molecule has 0 bridgehead atoms. The first-order valence-electron chi connectivity index (χ1n) is 10.4. The molecule has 1 aromatic carbocycles. The number of piperazine rings is 1. The third-order valence-corrected chi connectivity index (χ3v) is 4.86. The van der Waals surface area contributed by atoms with Gasteiger partial charge in [-0.05, 0) is 26.0 Å². The molecule has 0 spiro atoms. The highest BCUT2D eigenvalue weighted by atomic mass is 16.5. The van der Waals surface area contributed by atoms with Gasteiger partial charge in [0.15, 0.2) is 5.96 Å². The summed E-state index contributed by atoms with van der Waals surface area (Å²) in [6, 6.07) is 8.04. The van der Waals surface area contributed by atoms with Crippen molar-refractivity contribution in [1.82, 2.24) is 20.4 Å². The predicted molar refractivity (Wildman–Crippen MR) is 118 cm³/mol. The number of nitrogens with one attached hydrogen (secondary N) is 2. The van der Waals surface area contributed by atoms with Crippen LogP contribution in [0.5, 0.6) is 5.75 Å². The van der Waals surface area contributed by atoms with Crippen LogP contribution in [0.3, 0.4) is 0 Å². The molecule has 1 aliphatic rings. The van der Waals surface area contributed by atoms with Gasteiger partial charge in [-0.25, -0.2) is 4.99 Å². The van der Waals surface area contributed by atoms with Gasteiger partial charge < -0.3 is 25.2 Å². The second kappa shape index (κ2) is 12.4. The van der Waals surface area contributed by atoms with Crippen molar-refractivity contribution in [3.8, 4) is 5.75 Å². The lowest BCUT2D eigenvalue weighted by molar-refractivity contribution is 0.139. The summed E-state index contributed by atoms with van der Waals surface area (Å²) in [5, 5.41) is 6.84. The van der Waals surface area contributed by atoms with Crippen molar-refractivity contribution in [2.45, 2.75) is 20.4 Å². The van der Waals surface area contributed by atoms with Gasteiger partial charge in [-0.1, -0.05) is 37.8 Å². The fourth-order valence-corrected chi connectivity index (χ4v) is 3.24. The van der Waals surface area contributed by atoms with E-state index in [4.69, 9.17) is 9.73 Å². The van der Waals surface area contributed by atoms with E-state index in [1.807, 2.05) is 18.2 Å². The van der Waals surface area contributed by atoms with Gasteiger partial charge in [-0.3, -0.25) is 0 Å². The molecule has 6 heteroatoms. The average molecular weight is 388 g/mol. The first-order valence-corrected chi connectivity index (χ1v) is 10.4. The summed E-state index contributed by atoms with van der Waals surface area (Å²) in [4.78, 5) is 9.70. The summed E-state index contributed by atoms with van der Waals surface area (Å²) < 4.78 is 5.73. The number of hydrogen-bond donors (Lipinski definition) is 2. The second-order valence-electron chi connectivity index (χ2n) is 7.49. The summed E-state index contributed by atoms with van der Waals surface area (Å²) >= 11 is 0. The summed E-state index contributed by atoms with van der Waals surface area (Å²) in [5.41, 5.74) is 1.08. The molecule has 156 valence electrons. The maximum Gasteiger partial charge on any atom is 0.191 e. The van der Waals surface area contributed by atoms with Crippen LogP contribution in [0.15, 0.2) is 41.9 Å². The highest BCUT2D eigenvalue weighted by molar-refractivity contribution is 5.79. The number of aliphatic imine (C=N–C) groups is 1. The van der Waals surface area contributed by atoms with Crippen molar-refractivity contribution < 1.29 is 4.74 Å². The Labute approximate surface area is 170 Å². The number of benzene rings is 1. The molecule has 1 atom stereocenters. The Hall–Kier alpha value is -2.05. The zero-order valence-electron chi connectivity index (χ0n) is 17.8. The normalized spacial score (nSPS) is 17.2. The number of guanidine groups is 1. The fraction of sp³-hybridized carbons (Fsp3) is 0.591. The van der Waals surface area contributed by atoms with Gasteiger partial charge in [0, 0.05) is 51.4 Å². The smallest absolute Gasteiger partial charge is 0.191 e. The number of rotatable bonds is 10. The molecule has 6 nitrogen and oxygen atoms in total. The Bertz CT molecular complexity index is 611. The molecule has 0 aromatic heterocycles. The lowest BCUT2D eigenvalue weighted by atomic mass is 10.1. The van der Waals surface area contributed by atoms with E-state index >= 15 is 0 Å². The van der Waals surface area contributed by atoms with Gasteiger partial charge >= 0.3 is 0 Å². The monoisotopic (exact) mass is 387 g/mol. The van der Waals surface area contributed by atoms with Crippen LogP contribution >= 0.6 is 0 Å². The first-order chi connectivity index (χ1) is 13.6. The van der Waals surface area contributed by atoms with Crippen LogP contribution in [-0.2, 0) is 6.54 Å². The van der Waals surface area contributed by atoms with Crippen molar-refractivity contribution in [2.75, 3.05) is 59.5 Å². The molecule has 0 radical (unpaired) electrons. The van der Waals surface area contributed by atoms with Crippen LogP contribution in [0.4, 0.5) is 0 Å². The van der Waals surface area contributed by atoms with E-state index in [-0.39, 0.29) is 0 Å². The zero-order valence-corrected chi connectivity index (χ0v) is 17.8. The molecule has 0 amide bonds. The molecule has 0 saturated carbocycles. The van der Waals surface area contributed by atoms with Gasteiger partial charge in [0.25, 0.3) is 0 Å². The quantitative estimate of drug-likeness (QED) is 0.366. The molecular weight excluding hydrogens is 350 g/mol. The summed E-state index contributed by atoms with van der Waals surface area (Å²) in [6.45, 7) is 16.7. The molecule has 2 rings (SSSR count). The van der Waals surface area contributed by atoms with Gasteiger partial charge in [0.2, 0.25) is 0 Å². The number of likely N-dealkylation sites (N-methyl/N-ethyl adjacent to an activating group) is 1. The van der Waals surface area contributed by atoms with Crippen molar-refractivity contribution in [3.63, 3.8) is 0 Å². The lowest BCUT2D eigenvalue weighted by Gasteiger charge is -2.34. The number of hydrogen-bond acceptors (Lipinski definition) is 4. The Morgan fingerprint density at radius 2 is 2.00 bits per heavy atom. The van der Waals surface area contributed by atoms with E-state index in [2.05, 4.69) is 54.0 Å². The molecule has 1 fully saturated rings. The minimum atomic E-state index is 0.503. The zero-order chi connectivity index (χ0) is 20.2. The molecule has 1 saturated heterocycles. The van der Waals surface area contributed by atoms with Gasteiger partial charge in [-0.15, -0.1) is 0 Å². The van der Waals surface area contributed by atoms with Gasteiger partial charge in [-0.2, -0.15) is 0 Å². The van der Waals surface area contributed by atoms with Crippen LogP contribution in [-0.4, -0.2) is 75.2 Å². The highest BCUT2D eigenvalue weighted by Crippen LogP contribution is 2.18. The SMILES string of the molecule is C=CCOc1ccccc1CN=C(NCC)NCC(C)CN1CCN(C)CC1. The fourth-order valence-electron chi connectivity index (χ4n) is 3.24. The lowest BCUT2D eigenvalue weighted by Crippen LogP contribution is -2.47. The van der Waals surface area contributed by atoms with E-state index in [0.717, 1.165) is 63.1 Å². The number of ether oxygens (including phenoxy) is 1. The molecule has 28 heavy (non-hydrogen) atoms. The first kappa shape index (κ1) is 22.2. The predicted octanol–water partition coefficient (Wildman–Crippen LogP) is 2.19. The Morgan fingerprint density at radius 3 is 2.71 bits per heavy atom. The average Bonchev–Trinajstić information content (AvgIpc) is 2.71. The third kappa shape index (κ3) is 7.90. The molecule has 2 N–H and O–H groups in total. The maximum absolute atomic E-state index is 5.73. The third-order valence-electron chi connectivity index (χ3n) is 4.86. The van der Waals surface area contributed by atoms with Crippen molar-refractivity contribution in [2.24, 2.45) is 10.9 Å². The minimum Gasteiger partial charge on any atom is -0.489 e. The van der Waals surface area contributed by atoms with E-state index in [0.29, 0.717) is 19.1 Å². The van der Waals surface area contributed by atoms with Crippen molar-refractivity contribution >= 4 is 5.96 Å². The molecule has 1 heterocycles.